The van der Waals surface area contributed by atoms with Crippen LogP contribution in [0.15, 0.2) is 17.1 Å². The molecule has 2 aliphatic heterocycles. The molecule has 0 bridgehead atoms. The third kappa shape index (κ3) is 3.92. The van der Waals surface area contributed by atoms with Crippen molar-refractivity contribution in [2.45, 2.75) is 26.1 Å². The van der Waals surface area contributed by atoms with E-state index in [2.05, 4.69) is 4.99 Å². The Kier molecular flexibility index (Phi) is 4.97. The van der Waals surface area contributed by atoms with Crippen molar-refractivity contribution in [2.75, 3.05) is 33.0 Å². The lowest BCUT2D eigenvalue weighted by Gasteiger charge is -2.31. The van der Waals surface area contributed by atoms with Crippen LogP contribution in [0.5, 0.6) is 5.75 Å². The number of halogens is 1. The van der Waals surface area contributed by atoms with Crippen LogP contribution in [0.1, 0.15) is 18.1 Å². The second-order valence-electron chi connectivity index (χ2n) is 5.78. The average Bonchev–Trinajstić information content (AvgIpc) is 2.54. The molecule has 2 heterocycles. The normalized spacial score (nSPS) is 21.7. The molecule has 1 aromatic carbocycles. The second kappa shape index (κ2) is 7.14. The van der Waals surface area contributed by atoms with E-state index in [1.54, 1.807) is 0 Å². The summed E-state index contributed by atoms with van der Waals surface area (Å²) < 4.78 is 29.9. The van der Waals surface area contributed by atoms with Crippen molar-refractivity contribution in [3.8, 4) is 5.75 Å². The lowest BCUT2D eigenvalue weighted by Crippen LogP contribution is -2.47. The van der Waals surface area contributed by atoms with Crippen molar-refractivity contribution in [3.05, 3.63) is 29.1 Å². The van der Waals surface area contributed by atoms with Crippen LogP contribution in [0.2, 0.25) is 0 Å². The molecule has 0 radical (unpaired) electrons. The Labute approximate surface area is 135 Å². The summed E-state index contributed by atoms with van der Waals surface area (Å²) in [6, 6.07) is 2.94. The minimum absolute atomic E-state index is 0.154. The number of ether oxygens (including phenoxy) is 3. The fourth-order valence-electron chi connectivity index (χ4n) is 2.86. The Balaban J connectivity index is 1.64. The number of nitrogens with two attached hydrogens (primary N) is 1. The van der Waals surface area contributed by atoms with Crippen molar-refractivity contribution >= 4 is 5.96 Å². The monoisotopic (exact) mass is 323 g/mol. The molecule has 1 aromatic rings. The molecule has 1 saturated heterocycles. The van der Waals surface area contributed by atoms with Crippen molar-refractivity contribution in [1.82, 2.24) is 4.90 Å². The summed E-state index contributed by atoms with van der Waals surface area (Å²) in [5.41, 5.74) is 7.58. The molecule has 0 aromatic heterocycles. The summed E-state index contributed by atoms with van der Waals surface area (Å²) in [6.45, 7) is 5.21. The maximum atomic E-state index is 13.7. The number of fused-ring (bicyclic) bond motifs is 1. The van der Waals surface area contributed by atoms with Crippen LogP contribution in [0.3, 0.4) is 0 Å². The molecule has 1 fully saturated rings. The van der Waals surface area contributed by atoms with Gasteiger partial charge in [-0.1, -0.05) is 0 Å². The van der Waals surface area contributed by atoms with Crippen LogP contribution in [0, 0.1) is 5.82 Å². The molecule has 2 N–H and O–H groups in total. The Morgan fingerprint density at radius 1 is 1.48 bits per heavy atom. The Hall–Kier alpha value is -1.86. The predicted molar refractivity (Wildman–Crippen MR) is 83.9 cm³/mol. The number of aliphatic imine (C=N–C) groups is 1. The lowest BCUT2D eigenvalue weighted by molar-refractivity contribution is -0.0172. The molecular weight excluding hydrogens is 301 g/mol. The highest BCUT2D eigenvalue weighted by Crippen LogP contribution is 2.29. The molecule has 0 spiro atoms. The first-order valence-electron chi connectivity index (χ1n) is 7.82. The van der Waals surface area contributed by atoms with Crippen LogP contribution >= 0.6 is 0 Å². The van der Waals surface area contributed by atoms with Gasteiger partial charge in [-0.05, 0) is 31.0 Å². The largest absolute Gasteiger partial charge is 0.467 e. The van der Waals surface area contributed by atoms with E-state index in [9.17, 15) is 4.39 Å². The SMILES string of the molecule is CC1CN(C(N)=NCCc2cc(F)cc3c2OCOC3)CCO1. The van der Waals surface area contributed by atoms with Gasteiger partial charge in [0.15, 0.2) is 12.8 Å². The fourth-order valence-corrected chi connectivity index (χ4v) is 2.86. The highest BCUT2D eigenvalue weighted by atomic mass is 19.1. The zero-order valence-electron chi connectivity index (χ0n) is 13.3. The van der Waals surface area contributed by atoms with Gasteiger partial charge in [-0.25, -0.2) is 4.39 Å². The minimum Gasteiger partial charge on any atom is -0.467 e. The first kappa shape index (κ1) is 16.0. The van der Waals surface area contributed by atoms with Crippen LogP contribution in [0.25, 0.3) is 0 Å². The molecule has 6 nitrogen and oxygen atoms in total. The van der Waals surface area contributed by atoms with Gasteiger partial charge in [0.1, 0.15) is 11.6 Å². The Morgan fingerprint density at radius 2 is 2.35 bits per heavy atom. The second-order valence-corrected chi connectivity index (χ2v) is 5.78. The summed E-state index contributed by atoms with van der Waals surface area (Å²) in [7, 11) is 0. The third-order valence-electron chi connectivity index (χ3n) is 3.97. The van der Waals surface area contributed by atoms with Crippen LogP contribution in [0.4, 0.5) is 4.39 Å². The third-order valence-corrected chi connectivity index (χ3v) is 3.97. The van der Waals surface area contributed by atoms with E-state index >= 15 is 0 Å². The maximum absolute atomic E-state index is 13.7. The molecule has 2 aliphatic rings. The van der Waals surface area contributed by atoms with Gasteiger partial charge >= 0.3 is 0 Å². The summed E-state index contributed by atoms with van der Waals surface area (Å²) in [5.74, 6) is 0.938. The average molecular weight is 323 g/mol. The zero-order valence-corrected chi connectivity index (χ0v) is 13.3. The van der Waals surface area contributed by atoms with Crippen molar-refractivity contribution in [3.63, 3.8) is 0 Å². The van der Waals surface area contributed by atoms with Crippen LogP contribution < -0.4 is 10.5 Å². The zero-order chi connectivity index (χ0) is 16.2. The van der Waals surface area contributed by atoms with Gasteiger partial charge in [-0.15, -0.1) is 0 Å². The number of nitrogens with zero attached hydrogens (tertiary/aromatic N) is 2. The topological polar surface area (TPSA) is 69.3 Å². The number of hydrogen-bond acceptors (Lipinski definition) is 4. The first-order valence-corrected chi connectivity index (χ1v) is 7.82. The van der Waals surface area contributed by atoms with Gasteiger partial charge in [0.05, 0.1) is 19.3 Å². The van der Waals surface area contributed by atoms with Gasteiger partial charge in [-0.3, -0.25) is 4.99 Å². The molecule has 126 valence electrons. The van der Waals surface area contributed by atoms with E-state index in [1.807, 2.05) is 11.8 Å². The van der Waals surface area contributed by atoms with E-state index < -0.39 is 0 Å². The molecule has 0 saturated carbocycles. The molecule has 3 rings (SSSR count). The van der Waals surface area contributed by atoms with E-state index in [1.165, 1.54) is 12.1 Å². The fraction of sp³-hybridized carbons (Fsp3) is 0.562. The number of morpholine rings is 1. The van der Waals surface area contributed by atoms with Gasteiger partial charge in [-0.2, -0.15) is 0 Å². The standard InChI is InChI=1S/C16H22FN3O3/c1-11-8-20(4-5-22-11)16(18)19-3-2-12-6-14(17)7-13-9-21-10-23-15(12)13/h6-7,11H,2-5,8-10H2,1H3,(H2,18,19). The Morgan fingerprint density at radius 3 is 3.17 bits per heavy atom. The molecule has 1 atom stereocenters. The first-order chi connectivity index (χ1) is 11.1. The smallest absolute Gasteiger partial charge is 0.191 e. The van der Waals surface area contributed by atoms with Gasteiger partial charge in [0.25, 0.3) is 0 Å². The van der Waals surface area contributed by atoms with Crippen LogP contribution in [-0.4, -0.2) is 50.0 Å². The highest BCUT2D eigenvalue weighted by molar-refractivity contribution is 5.78. The number of rotatable bonds is 3. The van der Waals surface area contributed by atoms with Gasteiger partial charge in [0.2, 0.25) is 0 Å². The number of guanidine groups is 1. The van der Waals surface area contributed by atoms with Crippen LogP contribution in [-0.2, 0) is 22.5 Å². The molecule has 7 heteroatoms. The summed E-state index contributed by atoms with van der Waals surface area (Å²) in [6.07, 6.45) is 0.724. The predicted octanol–water partition coefficient (Wildman–Crippen LogP) is 1.27. The highest BCUT2D eigenvalue weighted by Gasteiger charge is 2.19. The molecule has 0 amide bonds. The Bertz CT molecular complexity index is 594. The lowest BCUT2D eigenvalue weighted by atomic mass is 10.1. The van der Waals surface area contributed by atoms with Crippen molar-refractivity contribution < 1.29 is 18.6 Å². The number of hydrogen-bond donors (Lipinski definition) is 1. The van der Waals surface area contributed by atoms with Crippen molar-refractivity contribution in [2.24, 2.45) is 10.7 Å². The maximum Gasteiger partial charge on any atom is 0.191 e. The summed E-state index contributed by atoms with van der Waals surface area (Å²) >= 11 is 0. The van der Waals surface area contributed by atoms with Gasteiger partial charge < -0.3 is 24.8 Å². The molecule has 1 unspecified atom stereocenters. The molecule has 0 aliphatic carbocycles. The van der Waals surface area contributed by atoms with E-state index in [-0.39, 0.29) is 18.7 Å². The van der Waals surface area contributed by atoms with E-state index in [4.69, 9.17) is 19.9 Å². The molecular formula is C16H22FN3O3. The van der Waals surface area contributed by atoms with E-state index in [0.29, 0.717) is 37.9 Å². The van der Waals surface area contributed by atoms with Gasteiger partial charge in [0, 0.05) is 25.2 Å². The van der Waals surface area contributed by atoms with E-state index in [0.717, 1.165) is 24.2 Å². The number of benzene rings is 1. The summed E-state index contributed by atoms with van der Waals surface area (Å²) in [5, 5.41) is 0. The quantitative estimate of drug-likeness (QED) is 0.670. The van der Waals surface area contributed by atoms with Crippen molar-refractivity contribution in [1.29, 1.82) is 0 Å². The minimum atomic E-state index is -0.285. The summed E-state index contributed by atoms with van der Waals surface area (Å²) in [4.78, 5) is 6.43. The molecule has 23 heavy (non-hydrogen) atoms.